The molecule has 294 valence electrons. The maximum atomic E-state index is 14.6. The Labute approximate surface area is 322 Å². The van der Waals surface area contributed by atoms with Gasteiger partial charge in [0.05, 0.1) is 18.8 Å². The number of rotatable bonds is 12. The lowest BCUT2D eigenvalue weighted by Crippen LogP contribution is -2.62. The number of alkyl carbamates (subject to hydrolysis) is 1. The van der Waals surface area contributed by atoms with Crippen molar-refractivity contribution < 1.29 is 37.8 Å². The van der Waals surface area contributed by atoms with Crippen LogP contribution in [-0.4, -0.2) is 63.7 Å². The number of fused-ring (bicyclic) bond motifs is 2. The molecule has 3 aromatic rings. The van der Waals surface area contributed by atoms with Crippen molar-refractivity contribution in [3.63, 3.8) is 0 Å². The summed E-state index contributed by atoms with van der Waals surface area (Å²) in [4.78, 5) is 42.4. The zero-order chi connectivity index (χ0) is 39.7. The summed E-state index contributed by atoms with van der Waals surface area (Å²) in [6.07, 6.45) is -1.33. The number of methoxy groups -OCH3 is 1. The van der Waals surface area contributed by atoms with Gasteiger partial charge < -0.3 is 39.3 Å². The SMILES string of the molecule is CC[C@@]1(C)Oc2cc(ccc2OCc2ccccc2)[C@@H](O[Si](C)(C)C(C)(C)C)C(NC(=O)OCc2ccccc2)C(=O)N[C@@H](C(C)C)C(=O)N[C@@H]1COC. The van der Waals surface area contributed by atoms with Crippen LogP contribution in [0.4, 0.5) is 4.79 Å². The Morgan fingerprint density at radius 3 is 2.09 bits per heavy atom. The van der Waals surface area contributed by atoms with Gasteiger partial charge in [-0.15, -0.1) is 0 Å². The fourth-order valence-electron chi connectivity index (χ4n) is 5.85. The molecule has 0 radical (unpaired) electrons. The zero-order valence-corrected chi connectivity index (χ0v) is 34.5. The van der Waals surface area contributed by atoms with Crippen molar-refractivity contribution >= 4 is 26.2 Å². The Hall–Kier alpha value is -4.39. The molecule has 0 aliphatic carbocycles. The van der Waals surface area contributed by atoms with Gasteiger partial charge in [0.1, 0.15) is 30.9 Å². The minimum Gasteiger partial charge on any atom is -0.485 e. The third-order valence-electron chi connectivity index (χ3n) is 10.5. The fourth-order valence-corrected chi connectivity index (χ4v) is 7.11. The maximum absolute atomic E-state index is 14.6. The van der Waals surface area contributed by atoms with E-state index in [0.717, 1.165) is 11.1 Å². The van der Waals surface area contributed by atoms with E-state index >= 15 is 0 Å². The lowest BCUT2D eigenvalue weighted by molar-refractivity contribution is -0.134. The van der Waals surface area contributed by atoms with Crippen LogP contribution in [0.3, 0.4) is 0 Å². The highest BCUT2D eigenvalue weighted by Gasteiger charge is 2.45. The van der Waals surface area contributed by atoms with Gasteiger partial charge in [0.25, 0.3) is 0 Å². The molecule has 1 aliphatic heterocycles. The Balaban J connectivity index is 1.91. The standard InChI is InChI=1S/C42H59N3O8Si/c1-11-42(7)34(27-49-8)43-38(46)35(28(2)3)44-39(47)36(45-40(48)51-26-30-20-16-13-17-21-30)37(53-54(9,10)41(4,5)6)31-22-23-32(33(24-31)52-42)50-25-29-18-14-12-15-19-29/h12-24,28,34-37H,11,25-27H2,1-10H3,(H,43,46)(H,44,47)(H,45,48)/t34-,35+,36?,37-,42-/m1/s1. The number of nitrogens with one attached hydrogen (secondary N) is 3. The van der Waals surface area contributed by atoms with Crippen molar-refractivity contribution in [3.8, 4) is 11.5 Å². The summed E-state index contributed by atoms with van der Waals surface area (Å²) in [6.45, 7) is 18.5. The first-order valence-corrected chi connectivity index (χ1v) is 21.6. The Kier molecular flexibility index (Phi) is 14.3. The molecule has 0 fully saturated rings. The van der Waals surface area contributed by atoms with E-state index in [-0.39, 0.29) is 30.8 Å². The van der Waals surface area contributed by atoms with Gasteiger partial charge in [0.2, 0.25) is 11.8 Å². The molecule has 3 aromatic carbocycles. The fraction of sp³-hybridized carbons (Fsp3) is 0.500. The van der Waals surface area contributed by atoms with Crippen LogP contribution in [0.5, 0.6) is 11.5 Å². The van der Waals surface area contributed by atoms with Gasteiger partial charge in [0.15, 0.2) is 19.8 Å². The molecule has 2 bridgehead atoms. The summed E-state index contributed by atoms with van der Waals surface area (Å²) < 4.78 is 31.6. The Bertz CT molecular complexity index is 1700. The molecule has 12 heteroatoms. The molecule has 11 nitrogen and oxygen atoms in total. The number of ether oxygens (including phenoxy) is 4. The number of hydrogen-bond donors (Lipinski definition) is 3. The van der Waals surface area contributed by atoms with Crippen molar-refractivity contribution in [1.29, 1.82) is 0 Å². The lowest BCUT2D eigenvalue weighted by Gasteiger charge is -2.41. The van der Waals surface area contributed by atoms with Gasteiger partial charge >= 0.3 is 6.09 Å². The molecule has 3 amide bonds. The van der Waals surface area contributed by atoms with Gasteiger partial charge in [-0.3, -0.25) is 9.59 Å². The van der Waals surface area contributed by atoms with E-state index in [0.29, 0.717) is 23.5 Å². The van der Waals surface area contributed by atoms with Crippen LogP contribution in [-0.2, 0) is 36.7 Å². The summed E-state index contributed by atoms with van der Waals surface area (Å²) >= 11 is 0. The molecule has 1 unspecified atom stereocenters. The Morgan fingerprint density at radius 2 is 1.54 bits per heavy atom. The molecule has 0 spiro atoms. The van der Waals surface area contributed by atoms with Crippen LogP contribution in [0.25, 0.3) is 0 Å². The average Bonchev–Trinajstić information content (AvgIpc) is 3.13. The number of carbonyl (C=O) groups excluding carboxylic acids is 3. The highest BCUT2D eigenvalue weighted by atomic mass is 28.4. The van der Waals surface area contributed by atoms with E-state index in [9.17, 15) is 14.4 Å². The molecule has 0 saturated heterocycles. The maximum Gasteiger partial charge on any atom is 0.408 e. The summed E-state index contributed by atoms with van der Waals surface area (Å²) in [7, 11) is -1.09. The molecule has 4 rings (SSSR count). The van der Waals surface area contributed by atoms with Crippen molar-refractivity contribution in [2.75, 3.05) is 13.7 Å². The monoisotopic (exact) mass is 761 g/mol. The predicted octanol–water partition coefficient (Wildman–Crippen LogP) is 7.46. The molecule has 54 heavy (non-hydrogen) atoms. The molecular formula is C42H59N3O8Si. The molecule has 1 heterocycles. The molecule has 3 N–H and O–H groups in total. The van der Waals surface area contributed by atoms with Crippen LogP contribution in [0, 0.1) is 5.92 Å². The normalized spacial score (nSPS) is 22.4. The topological polar surface area (TPSA) is 133 Å². The Morgan fingerprint density at radius 1 is 0.926 bits per heavy atom. The van der Waals surface area contributed by atoms with E-state index < -0.39 is 56.1 Å². The number of amides is 3. The molecule has 0 aromatic heterocycles. The third kappa shape index (κ3) is 10.9. The highest BCUT2D eigenvalue weighted by molar-refractivity contribution is 6.74. The largest absolute Gasteiger partial charge is 0.485 e. The van der Waals surface area contributed by atoms with Gasteiger partial charge in [-0.05, 0) is 66.2 Å². The van der Waals surface area contributed by atoms with E-state index in [1.54, 1.807) is 13.2 Å². The predicted molar refractivity (Wildman–Crippen MR) is 212 cm³/mol. The van der Waals surface area contributed by atoms with E-state index in [2.05, 4.69) is 49.8 Å². The van der Waals surface area contributed by atoms with Crippen LogP contribution < -0.4 is 25.4 Å². The quantitative estimate of drug-likeness (QED) is 0.162. The van der Waals surface area contributed by atoms with Crippen LogP contribution in [0.1, 0.15) is 77.7 Å². The summed E-state index contributed by atoms with van der Waals surface area (Å²) in [5.41, 5.74) is 1.35. The average molecular weight is 762 g/mol. The van der Waals surface area contributed by atoms with E-state index in [4.69, 9.17) is 23.4 Å². The van der Waals surface area contributed by atoms with E-state index in [1.165, 1.54) is 0 Å². The zero-order valence-electron chi connectivity index (χ0n) is 33.5. The first kappa shape index (κ1) is 42.3. The summed E-state index contributed by atoms with van der Waals surface area (Å²) in [5, 5.41) is 8.64. The van der Waals surface area contributed by atoms with Crippen LogP contribution in [0.2, 0.25) is 18.1 Å². The van der Waals surface area contributed by atoms with Gasteiger partial charge in [-0.2, -0.15) is 0 Å². The number of benzene rings is 3. The first-order valence-electron chi connectivity index (χ1n) is 18.7. The summed E-state index contributed by atoms with van der Waals surface area (Å²) in [6, 6.07) is 21.6. The van der Waals surface area contributed by atoms with Crippen molar-refractivity contribution in [2.45, 2.75) is 116 Å². The first-order chi connectivity index (χ1) is 25.5. The second-order valence-electron chi connectivity index (χ2n) is 16.0. The highest BCUT2D eigenvalue weighted by Crippen LogP contribution is 2.43. The molecule has 1 aliphatic rings. The van der Waals surface area contributed by atoms with Gasteiger partial charge in [0, 0.05) is 7.11 Å². The van der Waals surface area contributed by atoms with E-state index in [1.807, 2.05) is 100 Å². The van der Waals surface area contributed by atoms with Crippen molar-refractivity contribution in [2.24, 2.45) is 5.92 Å². The van der Waals surface area contributed by atoms with Crippen molar-refractivity contribution in [3.05, 3.63) is 95.6 Å². The second kappa shape index (κ2) is 18.3. The van der Waals surface area contributed by atoms with Gasteiger partial charge in [-0.25, -0.2) is 4.79 Å². The second-order valence-corrected chi connectivity index (χ2v) is 20.7. The van der Waals surface area contributed by atoms with Gasteiger partial charge in [-0.1, -0.05) is 108 Å². The van der Waals surface area contributed by atoms with Crippen LogP contribution >= 0.6 is 0 Å². The molecule has 5 atom stereocenters. The van der Waals surface area contributed by atoms with Crippen molar-refractivity contribution in [1.82, 2.24) is 16.0 Å². The molecular weight excluding hydrogens is 703 g/mol. The third-order valence-corrected chi connectivity index (χ3v) is 15.0. The summed E-state index contributed by atoms with van der Waals surface area (Å²) in [5.74, 6) is -0.487. The minimum atomic E-state index is -2.66. The number of carbonyl (C=O) groups is 3. The minimum absolute atomic E-state index is 0.00623. The number of hydrogen-bond acceptors (Lipinski definition) is 8. The van der Waals surface area contributed by atoms with Crippen LogP contribution in [0.15, 0.2) is 78.9 Å². The smallest absolute Gasteiger partial charge is 0.408 e. The molecule has 0 saturated carbocycles. The lowest BCUT2D eigenvalue weighted by atomic mass is 9.92.